The Labute approximate surface area is 170 Å². The summed E-state index contributed by atoms with van der Waals surface area (Å²) in [6.45, 7) is 5.16. The van der Waals surface area contributed by atoms with E-state index in [0.717, 1.165) is 0 Å². The van der Waals surface area contributed by atoms with E-state index in [1.54, 1.807) is 35.2 Å². The average molecular weight is 401 g/mol. The number of methoxy groups -OCH3 is 2. The smallest absolute Gasteiger partial charge is 0.258 e. The van der Waals surface area contributed by atoms with Crippen LogP contribution in [0.3, 0.4) is 0 Å². The maximum Gasteiger partial charge on any atom is 0.258 e. The highest BCUT2D eigenvalue weighted by atomic mass is 16.7. The third kappa shape index (κ3) is 4.10. The second-order valence-corrected chi connectivity index (χ2v) is 6.65. The van der Waals surface area contributed by atoms with Crippen molar-refractivity contribution >= 4 is 5.91 Å². The third-order valence-electron chi connectivity index (χ3n) is 5.09. The number of ether oxygens (including phenoxy) is 4. The van der Waals surface area contributed by atoms with Crippen LogP contribution in [0.15, 0.2) is 30.3 Å². The molecule has 7 nitrogen and oxygen atoms in total. The summed E-state index contributed by atoms with van der Waals surface area (Å²) in [5, 5.41) is 10.9. The topological polar surface area (TPSA) is 77.5 Å². The summed E-state index contributed by atoms with van der Waals surface area (Å²) in [6, 6.07) is 8.88. The molecule has 7 heteroatoms. The van der Waals surface area contributed by atoms with E-state index < -0.39 is 6.10 Å². The zero-order chi connectivity index (χ0) is 21.0. The molecule has 1 heterocycles. The minimum absolute atomic E-state index is 0.154. The molecule has 2 aromatic carbocycles. The fourth-order valence-corrected chi connectivity index (χ4v) is 3.49. The van der Waals surface area contributed by atoms with Gasteiger partial charge in [-0.2, -0.15) is 0 Å². The summed E-state index contributed by atoms with van der Waals surface area (Å²) in [7, 11) is 3.04. The number of aliphatic hydroxyl groups is 1. The van der Waals surface area contributed by atoms with Gasteiger partial charge in [0.1, 0.15) is 0 Å². The van der Waals surface area contributed by atoms with E-state index in [9.17, 15) is 9.90 Å². The maximum atomic E-state index is 13.2. The highest BCUT2D eigenvalue weighted by Crippen LogP contribution is 2.38. The lowest BCUT2D eigenvalue weighted by Crippen LogP contribution is -2.31. The van der Waals surface area contributed by atoms with E-state index in [-0.39, 0.29) is 19.1 Å². The number of aliphatic hydroxyl groups excluding tert-OH is 1. The van der Waals surface area contributed by atoms with Crippen molar-refractivity contribution in [2.75, 3.05) is 34.1 Å². The Morgan fingerprint density at radius 3 is 2.48 bits per heavy atom. The first kappa shape index (κ1) is 20.8. The Balaban J connectivity index is 1.98. The number of nitrogens with zero attached hydrogens (tertiary/aromatic N) is 1. The second-order valence-electron chi connectivity index (χ2n) is 6.65. The molecule has 2 aromatic rings. The molecular formula is C22H27NO6. The first-order valence-electron chi connectivity index (χ1n) is 9.64. The van der Waals surface area contributed by atoms with Crippen molar-refractivity contribution < 1.29 is 28.8 Å². The van der Waals surface area contributed by atoms with Gasteiger partial charge in [-0.15, -0.1) is 0 Å². The molecule has 29 heavy (non-hydrogen) atoms. The van der Waals surface area contributed by atoms with Crippen LogP contribution in [-0.2, 0) is 6.42 Å². The van der Waals surface area contributed by atoms with Gasteiger partial charge < -0.3 is 29.0 Å². The predicted octanol–water partition coefficient (Wildman–Crippen LogP) is 3.19. The van der Waals surface area contributed by atoms with Crippen LogP contribution in [-0.4, -0.2) is 50.0 Å². The average Bonchev–Trinajstić information content (AvgIpc) is 3.21. The first-order valence-corrected chi connectivity index (χ1v) is 9.64. The van der Waals surface area contributed by atoms with Gasteiger partial charge in [-0.25, -0.2) is 0 Å². The Kier molecular flexibility index (Phi) is 6.49. The summed E-state index contributed by atoms with van der Waals surface area (Å²) >= 11 is 0. The van der Waals surface area contributed by atoms with E-state index in [0.29, 0.717) is 52.8 Å². The molecule has 1 amide bonds. The quantitative estimate of drug-likeness (QED) is 0.732. The molecule has 156 valence electrons. The highest BCUT2D eigenvalue weighted by Gasteiger charge is 2.26. The molecule has 0 aromatic heterocycles. The van der Waals surface area contributed by atoms with Crippen molar-refractivity contribution in [3.8, 4) is 23.0 Å². The summed E-state index contributed by atoms with van der Waals surface area (Å²) in [5.41, 5.74) is 1.78. The summed E-state index contributed by atoms with van der Waals surface area (Å²) in [6.07, 6.45) is -0.589. The molecule has 0 aliphatic carbocycles. The van der Waals surface area contributed by atoms with Crippen LogP contribution in [0.4, 0.5) is 0 Å². The largest absolute Gasteiger partial charge is 0.493 e. The lowest BCUT2D eigenvalue weighted by atomic mass is 9.95. The minimum atomic E-state index is -0.828. The number of hydrogen-bond acceptors (Lipinski definition) is 6. The first-order chi connectivity index (χ1) is 14.0. The molecule has 1 unspecified atom stereocenters. The van der Waals surface area contributed by atoms with E-state index in [1.165, 1.54) is 14.2 Å². The molecule has 0 saturated carbocycles. The van der Waals surface area contributed by atoms with E-state index >= 15 is 0 Å². The van der Waals surface area contributed by atoms with Gasteiger partial charge >= 0.3 is 0 Å². The van der Waals surface area contributed by atoms with Crippen molar-refractivity contribution in [1.82, 2.24) is 4.90 Å². The molecule has 0 saturated heterocycles. The summed E-state index contributed by atoms with van der Waals surface area (Å²) in [5.74, 6) is 1.96. The van der Waals surface area contributed by atoms with Crippen molar-refractivity contribution in [3.05, 3.63) is 47.0 Å². The Bertz CT molecular complexity index is 878. The van der Waals surface area contributed by atoms with E-state index in [2.05, 4.69) is 0 Å². The minimum Gasteiger partial charge on any atom is -0.493 e. The number of rotatable bonds is 8. The molecule has 0 radical (unpaired) electrons. The maximum absolute atomic E-state index is 13.2. The Hall–Kier alpha value is -2.93. The number of amides is 1. The molecule has 1 aliphatic heterocycles. The van der Waals surface area contributed by atoms with Crippen LogP contribution in [0, 0.1) is 0 Å². The number of benzene rings is 2. The lowest BCUT2D eigenvalue weighted by molar-refractivity contribution is 0.0766. The lowest BCUT2D eigenvalue weighted by Gasteiger charge is -2.24. The van der Waals surface area contributed by atoms with E-state index in [4.69, 9.17) is 18.9 Å². The fraction of sp³-hybridized carbons (Fsp3) is 0.409. The molecule has 3 rings (SSSR count). The molecule has 0 fully saturated rings. The van der Waals surface area contributed by atoms with Gasteiger partial charge in [-0.1, -0.05) is 12.1 Å². The van der Waals surface area contributed by atoms with Crippen LogP contribution >= 0.6 is 0 Å². The molecular weight excluding hydrogens is 374 g/mol. The number of hydrogen-bond donors (Lipinski definition) is 1. The number of fused-ring (bicyclic) bond motifs is 1. The van der Waals surface area contributed by atoms with Gasteiger partial charge in [-0.3, -0.25) is 4.79 Å². The monoisotopic (exact) mass is 401 g/mol. The number of carbonyl (C=O) groups excluding carboxylic acids is 1. The SMILES string of the molecule is CCN(CC)C(=O)c1c(CC(O)c2ccc3c(c2)OCO3)ccc(OC)c1OC. The molecule has 1 N–H and O–H groups in total. The van der Waals surface area contributed by atoms with Crippen molar-refractivity contribution in [2.24, 2.45) is 0 Å². The number of carbonyl (C=O) groups is 1. The van der Waals surface area contributed by atoms with Crippen molar-refractivity contribution in [3.63, 3.8) is 0 Å². The van der Waals surface area contributed by atoms with Crippen molar-refractivity contribution in [2.45, 2.75) is 26.4 Å². The highest BCUT2D eigenvalue weighted by molar-refractivity contribution is 5.99. The predicted molar refractivity (Wildman–Crippen MR) is 108 cm³/mol. The standard InChI is InChI=1S/C22H27NO6/c1-5-23(6-2)22(25)20-15(8-10-18(26-3)21(20)27-4)11-16(24)14-7-9-17-19(12-14)29-13-28-17/h7-10,12,16,24H,5-6,11,13H2,1-4H3. The summed E-state index contributed by atoms with van der Waals surface area (Å²) < 4.78 is 21.6. The van der Waals surface area contributed by atoms with Crippen LogP contribution in [0.1, 0.15) is 41.4 Å². The van der Waals surface area contributed by atoms with Gasteiger partial charge in [0, 0.05) is 19.5 Å². The van der Waals surface area contributed by atoms with Crippen molar-refractivity contribution in [1.29, 1.82) is 0 Å². The zero-order valence-corrected chi connectivity index (χ0v) is 17.2. The molecule has 0 spiro atoms. The molecule has 0 bridgehead atoms. The van der Waals surface area contributed by atoms with Gasteiger partial charge in [0.2, 0.25) is 6.79 Å². The van der Waals surface area contributed by atoms with Crippen LogP contribution < -0.4 is 18.9 Å². The van der Waals surface area contributed by atoms with Gasteiger partial charge in [0.05, 0.1) is 25.9 Å². The van der Waals surface area contributed by atoms with Gasteiger partial charge in [-0.05, 0) is 43.2 Å². The van der Waals surface area contributed by atoms with Crippen LogP contribution in [0.25, 0.3) is 0 Å². The fourth-order valence-electron chi connectivity index (χ4n) is 3.49. The molecule has 1 atom stereocenters. The normalized spacial score (nSPS) is 13.1. The molecule has 1 aliphatic rings. The van der Waals surface area contributed by atoms with Crippen LogP contribution in [0.2, 0.25) is 0 Å². The van der Waals surface area contributed by atoms with Crippen LogP contribution in [0.5, 0.6) is 23.0 Å². The van der Waals surface area contributed by atoms with Gasteiger partial charge in [0.15, 0.2) is 23.0 Å². The second kappa shape index (κ2) is 9.05. The Morgan fingerprint density at radius 2 is 1.83 bits per heavy atom. The summed E-state index contributed by atoms with van der Waals surface area (Å²) in [4.78, 5) is 14.9. The van der Waals surface area contributed by atoms with Gasteiger partial charge in [0.25, 0.3) is 5.91 Å². The Morgan fingerprint density at radius 1 is 1.10 bits per heavy atom. The van der Waals surface area contributed by atoms with E-state index in [1.807, 2.05) is 13.8 Å². The zero-order valence-electron chi connectivity index (χ0n) is 17.2. The third-order valence-corrected chi connectivity index (χ3v) is 5.09.